The maximum Gasteiger partial charge on any atom is 0.389 e. The highest BCUT2D eigenvalue weighted by molar-refractivity contribution is 6.18. The molecule has 0 aliphatic rings. The molecule has 0 aromatic carbocycles. The van der Waals surface area contributed by atoms with Crippen molar-refractivity contribution in [1.29, 1.82) is 0 Å². The number of methoxy groups -OCH3 is 3. The van der Waals surface area contributed by atoms with E-state index in [0.29, 0.717) is 35.2 Å². The quantitative estimate of drug-likeness (QED) is 0.0968. The molecule has 0 fully saturated rings. The van der Waals surface area contributed by atoms with Gasteiger partial charge in [0.1, 0.15) is 5.76 Å². The zero-order valence-electron chi connectivity index (χ0n) is 24.2. The molecule has 2 unspecified atom stereocenters. The van der Waals surface area contributed by atoms with Crippen LogP contribution >= 0.6 is 11.6 Å². The molecule has 0 aromatic rings. The van der Waals surface area contributed by atoms with Crippen LogP contribution in [0, 0.1) is 0 Å². The number of allylic oxidation sites excluding steroid dienone is 6. The first-order chi connectivity index (χ1) is 17.6. The third-order valence-corrected chi connectivity index (χ3v) is 5.61. The van der Waals surface area contributed by atoms with E-state index in [2.05, 4.69) is 11.9 Å². The number of nitrogens with one attached hydrogen (secondary N) is 1. The van der Waals surface area contributed by atoms with Crippen LogP contribution < -0.4 is 5.32 Å². The molecule has 0 aliphatic carbocycles. The van der Waals surface area contributed by atoms with E-state index >= 15 is 0 Å². The summed E-state index contributed by atoms with van der Waals surface area (Å²) in [7, 11) is 4.48. The summed E-state index contributed by atoms with van der Waals surface area (Å²) in [6.45, 7) is 14.6. The predicted octanol–water partition coefficient (Wildman–Crippen LogP) is 7.38. The number of carbonyl (C=O) groups is 1. The third kappa shape index (κ3) is 17.2. The second-order valence-corrected chi connectivity index (χ2v) is 9.14. The van der Waals surface area contributed by atoms with Crippen molar-refractivity contribution in [2.24, 2.45) is 0 Å². The summed E-state index contributed by atoms with van der Waals surface area (Å²) in [4.78, 5) is 13.2. The fraction of sp³-hybridized carbons (Fsp3) is 0.607. The number of carbonyl (C=O) groups excluding carboxylic acids is 1. The summed E-state index contributed by atoms with van der Waals surface area (Å²) >= 11 is 5.21. The van der Waals surface area contributed by atoms with Crippen molar-refractivity contribution in [1.82, 2.24) is 5.32 Å². The molecular formula is C28H45ClF3NO5. The van der Waals surface area contributed by atoms with Gasteiger partial charge in [0.25, 0.3) is 5.91 Å². The van der Waals surface area contributed by atoms with Gasteiger partial charge in [-0.25, -0.2) is 0 Å². The van der Waals surface area contributed by atoms with Gasteiger partial charge in [-0.15, -0.1) is 11.6 Å². The summed E-state index contributed by atoms with van der Waals surface area (Å²) in [6.07, 6.45) is 0.0489. The van der Waals surface area contributed by atoms with Gasteiger partial charge in [-0.2, -0.15) is 13.2 Å². The third-order valence-electron chi connectivity index (χ3n) is 5.43. The number of ether oxygens (including phenoxy) is 4. The van der Waals surface area contributed by atoms with Crippen molar-refractivity contribution in [3.8, 4) is 0 Å². The molecule has 38 heavy (non-hydrogen) atoms. The Morgan fingerprint density at radius 3 is 2.05 bits per heavy atom. The molecule has 0 spiro atoms. The number of alkyl halides is 4. The largest absolute Gasteiger partial charge is 0.501 e. The summed E-state index contributed by atoms with van der Waals surface area (Å²) in [6, 6.07) is 0. The molecule has 2 atom stereocenters. The first-order valence-electron chi connectivity index (χ1n) is 12.1. The van der Waals surface area contributed by atoms with Gasteiger partial charge >= 0.3 is 6.18 Å². The standard InChI is InChI=1S/C24H38F3NO5.C4H7Cl/c1-16(2)19(5)33-21(10-11-24(25,26)27)22(29)28-23(6,12-13-30-7)20(14-17(3)31-8)15-18(4)32-9;1-2-3-4-5/h14-15,21H,3,10-13H2,1-2,4-9H3,(H,28,29);2-3H,4H2,1H3/b18-15+,20-14+;3-2-. The Labute approximate surface area is 231 Å². The lowest BCUT2D eigenvalue weighted by Gasteiger charge is -2.34. The molecule has 0 bridgehead atoms. The lowest BCUT2D eigenvalue weighted by atomic mass is 9.86. The Balaban J connectivity index is 0. The number of amides is 1. The highest BCUT2D eigenvalue weighted by atomic mass is 35.5. The first kappa shape index (κ1) is 37.8. The minimum atomic E-state index is -4.42. The molecule has 0 rings (SSSR count). The van der Waals surface area contributed by atoms with Crippen LogP contribution in [0.4, 0.5) is 13.2 Å². The molecule has 10 heteroatoms. The van der Waals surface area contributed by atoms with E-state index < -0.39 is 36.6 Å². The highest BCUT2D eigenvalue weighted by Gasteiger charge is 2.36. The Kier molecular flexibility index (Phi) is 19.5. The van der Waals surface area contributed by atoms with Crippen LogP contribution in [0.15, 0.2) is 59.3 Å². The van der Waals surface area contributed by atoms with E-state index in [1.807, 2.05) is 19.1 Å². The van der Waals surface area contributed by atoms with Gasteiger partial charge in [0.05, 0.1) is 31.3 Å². The fourth-order valence-electron chi connectivity index (χ4n) is 2.77. The van der Waals surface area contributed by atoms with Gasteiger partial charge in [0.2, 0.25) is 0 Å². The van der Waals surface area contributed by atoms with Crippen LogP contribution in [-0.2, 0) is 23.7 Å². The molecule has 0 saturated heterocycles. The number of hydrogen-bond donors (Lipinski definition) is 1. The number of rotatable bonds is 15. The molecule has 1 N–H and O–H groups in total. The van der Waals surface area contributed by atoms with Crippen LogP contribution in [0.3, 0.4) is 0 Å². The molecule has 220 valence electrons. The molecule has 0 radical (unpaired) electrons. The summed E-state index contributed by atoms with van der Waals surface area (Å²) in [5.41, 5.74) is 0.290. The van der Waals surface area contributed by atoms with Crippen LogP contribution in [0.2, 0.25) is 0 Å². The van der Waals surface area contributed by atoms with E-state index in [0.717, 1.165) is 5.57 Å². The zero-order chi connectivity index (χ0) is 29.9. The van der Waals surface area contributed by atoms with Gasteiger partial charge in [-0.3, -0.25) is 4.79 Å². The Morgan fingerprint density at radius 1 is 1.05 bits per heavy atom. The van der Waals surface area contributed by atoms with Crippen molar-refractivity contribution in [3.05, 3.63) is 59.3 Å². The number of hydrogen-bond acceptors (Lipinski definition) is 5. The maximum atomic E-state index is 13.2. The van der Waals surface area contributed by atoms with E-state index in [1.165, 1.54) is 21.3 Å². The first-order valence-corrected chi connectivity index (χ1v) is 12.7. The highest BCUT2D eigenvalue weighted by Crippen LogP contribution is 2.28. The van der Waals surface area contributed by atoms with Gasteiger partial charge in [0.15, 0.2) is 6.10 Å². The van der Waals surface area contributed by atoms with Gasteiger partial charge in [-0.1, -0.05) is 18.7 Å². The number of halogens is 4. The van der Waals surface area contributed by atoms with Crippen molar-refractivity contribution >= 4 is 17.5 Å². The molecule has 0 heterocycles. The zero-order valence-corrected chi connectivity index (χ0v) is 24.9. The van der Waals surface area contributed by atoms with Crippen LogP contribution in [0.25, 0.3) is 0 Å². The normalized spacial score (nSPS) is 14.6. The van der Waals surface area contributed by atoms with E-state index in [9.17, 15) is 18.0 Å². The smallest absolute Gasteiger partial charge is 0.389 e. The summed E-state index contributed by atoms with van der Waals surface area (Å²) < 4.78 is 60.0. The predicted molar refractivity (Wildman–Crippen MR) is 148 cm³/mol. The monoisotopic (exact) mass is 567 g/mol. The molecule has 1 amide bonds. The molecule has 0 saturated carbocycles. The van der Waals surface area contributed by atoms with E-state index in [4.69, 9.17) is 30.5 Å². The Hall–Kier alpha value is -2.39. The lowest BCUT2D eigenvalue weighted by molar-refractivity contribution is -0.147. The van der Waals surface area contributed by atoms with Crippen LogP contribution in [0.5, 0.6) is 0 Å². The average molecular weight is 568 g/mol. The Bertz CT molecular complexity index is 846. The molecular weight excluding hydrogens is 523 g/mol. The molecule has 0 aromatic heterocycles. The summed E-state index contributed by atoms with van der Waals surface area (Å²) in [5, 5.41) is 2.87. The lowest BCUT2D eigenvalue weighted by Crippen LogP contribution is -2.52. The van der Waals surface area contributed by atoms with Crippen molar-refractivity contribution < 1.29 is 36.9 Å². The average Bonchev–Trinajstić information content (AvgIpc) is 2.84. The Morgan fingerprint density at radius 2 is 1.66 bits per heavy atom. The fourth-order valence-corrected chi connectivity index (χ4v) is 2.94. The summed E-state index contributed by atoms with van der Waals surface area (Å²) in [5.74, 6) is 1.24. The second kappa shape index (κ2) is 19.6. The minimum absolute atomic E-state index is 0.272. The molecule has 6 nitrogen and oxygen atoms in total. The van der Waals surface area contributed by atoms with Gasteiger partial charge in [-0.05, 0) is 71.3 Å². The van der Waals surface area contributed by atoms with Crippen molar-refractivity contribution in [3.63, 3.8) is 0 Å². The van der Waals surface area contributed by atoms with Crippen LogP contribution in [0.1, 0.15) is 60.8 Å². The second-order valence-electron chi connectivity index (χ2n) is 8.83. The minimum Gasteiger partial charge on any atom is -0.501 e. The maximum absolute atomic E-state index is 13.2. The SMILES string of the molecule is C/C=C\CCl.C=C(/C=C(\C=C(/C)OC)C(C)(CCOC)NC(=O)C(CCC(F)(F)F)OC(C)=C(C)C)OC. The van der Waals surface area contributed by atoms with Gasteiger partial charge < -0.3 is 24.3 Å². The van der Waals surface area contributed by atoms with Gasteiger partial charge in [0, 0.05) is 32.4 Å². The van der Waals surface area contributed by atoms with E-state index in [1.54, 1.807) is 46.8 Å². The topological polar surface area (TPSA) is 66.0 Å². The molecule has 0 aliphatic heterocycles. The van der Waals surface area contributed by atoms with E-state index in [-0.39, 0.29) is 6.61 Å². The van der Waals surface area contributed by atoms with Crippen molar-refractivity contribution in [2.75, 3.05) is 33.8 Å². The van der Waals surface area contributed by atoms with Crippen molar-refractivity contribution in [2.45, 2.75) is 78.6 Å². The van der Waals surface area contributed by atoms with Crippen LogP contribution in [-0.4, -0.2) is 57.5 Å².